The van der Waals surface area contributed by atoms with Crippen molar-refractivity contribution in [1.82, 2.24) is 0 Å². The molecule has 0 spiro atoms. The molecule has 0 aliphatic rings. The summed E-state index contributed by atoms with van der Waals surface area (Å²) in [5.41, 5.74) is 4.67. The van der Waals surface area contributed by atoms with Gasteiger partial charge in [-0.3, -0.25) is 0 Å². The summed E-state index contributed by atoms with van der Waals surface area (Å²) in [5.74, 6) is 0. The van der Waals surface area contributed by atoms with Crippen molar-refractivity contribution in [3.63, 3.8) is 0 Å². The number of rotatable bonds is 0. The minimum atomic E-state index is -0.931. The van der Waals surface area contributed by atoms with Gasteiger partial charge in [0.05, 0.1) is 6.23 Å². The molecule has 1 atom stereocenters. The Labute approximate surface area is 66.7 Å². The van der Waals surface area contributed by atoms with E-state index in [0.717, 1.165) is 0 Å². The van der Waals surface area contributed by atoms with Gasteiger partial charge in [0.15, 0.2) is 0 Å². The molecule has 0 saturated heterocycles. The number of halogens is 2. The fourth-order valence-electron chi connectivity index (χ4n) is 0. The van der Waals surface area contributed by atoms with E-state index in [1.54, 1.807) is 0 Å². The van der Waals surface area contributed by atoms with Gasteiger partial charge in [0.25, 0.3) is 0 Å². The van der Waals surface area contributed by atoms with Gasteiger partial charge in [0.2, 0.25) is 0 Å². The van der Waals surface area contributed by atoms with Crippen LogP contribution in [0.2, 0.25) is 0 Å². The number of aliphatic hydroxyl groups excluding tert-OH is 1. The fourth-order valence-corrected chi connectivity index (χ4v) is 0. The van der Waals surface area contributed by atoms with Gasteiger partial charge in [-0.25, -0.2) is 0 Å². The zero-order chi connectivity index (χ0) is 6.28. The van der Waals surface area contributed by atoms with Crippen molar-refractivity contribution in [2.45, 2.75) is 13.2 Å². The number of hydrogen-bond donors (Lipinski definition) is 2. The van der Waals surface area contributed by atoms with Crippen LogP contribution in [0.25, 0.3) is 0 Å². The molecule has 0 aromatic carbocycles. The van der Waals surface area contributed by atoms with Crippen molar-refractivity contribution in [3.8, 4) is 0 Å². The molecule has 0 heterocycles. The van der Waals surface area contributed by atoms with Crippen molar-refractivity contribution < 1.29 is 5.11 Å². The third kappa shape index (κ3) is 83.1. The van der Waals surface area contributed by atoms with Gasteiger partial charge in [-0.1, -0.05) is 0 Å². The molecule has 1 unspecified atom stereocenters. The molecule has 5 heteroatoms. The monoisotopic (exact) mass is 171 g/mol. The van der Waals surface area contributed by atoms with Gasteiger partial charge < -0.3 is 10.8 Å². The first-order valence-electron chi connectivity index (χ1n) is 1.70. The van der Waals surface area contributed by atoms with E-state index in [-0.39, 0.29) is 0 Å². The summed E-state index contributed by atoms with van der Waals surface area (Å²) in [6.07, 6.45) is 9.24. The zero-order valence-corrected chi connectivity index (χ0v) is 7.79. The van der Waals surface area contributed by atoms with Crippen LogP contribution in [0.15, 0.2) is 0 Å². The molecular weight excluding hydrogens is 165 g/mol. The molecule has 0 aliphatic heterocycles. The Morgan fingerprint density at radius 3 is 1.71 bits per heavy atom. The van der Waals surface area contributed by atoms with Crippen LogP contribution in [0.5, 0.6) is 0 Å². The SMILES string of the molecule is CC(N)O.[Cl][Ca][Cl]. The van der Waals surface area contributed by atoms with Crippen LogP contribution >= 0.6 is 12.8 Å². The van der Waals surface area contributed by atoms with Gasteiger partial charge in [-0.2, -0.15) is 0 Å². The predicted octanol–water partition coefficient (Wildman–Crippen LogP) is 0.282. The molecule has 42 valence electrons. The summed E-state index contributed by atoms with van der Waals surface area (Å²) in [5, 5.41) is 7.83. The molecule has 0 aromatic rings. The standard InChI is InChI=1S/C2H7NO.Ca.2ClH/c1-2(3)4;;;/h2,4H,3H2,1H3;;2*1H/q;+2;;/p-2. The Hall–Kier alpha value is 1.76. The van der Waals surface area contributed by atoms with Crippen LogP contribution in [0, 0.1) is 0 Å². The molecular formula is C2H7CaCl2NO. The van der Waals surface area contributed by atoms with Crippen LogP contribution in [-0.4, -0.2) is 42.2 Å². The summed E-state index contributed by atoms with van der Waals surface area (Å²) < 4.78 is 0. The van der Waals surface area contributed by atoms with E-state index in [0.29, 0.717) is 0 Å². The van der Waals surface area contributed by atoms with Crippen molar-refractivity contribution >= 4 is 43.6 Å². The molecule has 0 amide bonds. The van der Waals surface area contributed by atoms with E-state index in [2.05, 4.69) is 5.73 Å². The molecule has 0 bridgehead atoms. The van der Waals surface area contributed by atoms with E-state index < -0.39 is 37.1 Å². The number of aliphatic hydroxyl groups is 1. The molecule has 0 fully saturated rings. The fraction of sp³-hybridized carbons (Fsp3) is 1.00. The van der Waals surface area contributed by atoms with Crippen molar-refractivity contribution in [1.29, 1.82) is 0 Å². The van der Waals surface area contributed by atoms with Crippen molar-refractivity contribution in [2.24, 2.45) is 5.73 Å². The van der Waals surface area contributed by atoms with Gasteiger partial charge in [0.1, 0.15) is 0 Å². The van der Waals surface area contributed by atoms with E-state index in [9.17, 15) is 0 Å². The van der Waals surface area contributed by atoms with E-state index in [4.69, 9.17) is 17.9 Å². The van der Waals surface area contributed by atoms with Gasteiger partial charge >= 0.3 is 43.6 Å². The van der Waals surface area contributed by atoms with Crippen LogP contribution < -0.4 is 5.73 Å². The third-order valence-corrected chi connectivity index (χ3v) is 0. The van der Waals surface area contributed by atoms with Crippen LogP contribution in [0.3, 0.4) is 0 Å². The summed E-state index contributed by atoms with van der Waals surface area (Å²) in [4.78, 5) is 0. The van der Waals surface area contributed by atoms with Crippen molar-refractivity contribution in [3.05, 3.63) is 0 Å². The number of hydrogen-bond acceptors (Lipinski definition) is 2. The molecule has 2 nitrogen and oxygen atoms in total. The normalized spacial score (nSPS) is 10.4. The maximum atomic E-state index is 7.83. The molecule has 0 aliphatic carbocycles. The first-order valence-corrected chi connectivity index (χ1v) is 7.78. The molecule has 0 rings (SSSR count). The van der Waals surface area contributed by atoms with Gasteiger partial charge in [-0.05, 0) is 6.92 Å². The quantitative estimate of drug-likeness (QED) is 0.407. The second-order valence-corrected chi connectivity index (χ2v) is 4.49. The average molecular weight is 172 g/mol. The third-order valence-electron chi connectivity index (χ3n) is 0. The molecule has 0 aromatic heterocycles. The Morgan fingerprint density at radius 2 is 1.71 bits per heavy atom. The first kappa shape index (κ1) is 11.5. The Kier molecular flexibility index (Phi) is 17.6. The molecule has 3 N–H and O–H groups in total. The van der Waals surface area contributed by atoms with Crippen LogP contribution in [-0.2, 0) is 0 Å². The summed E-state index contributed by atoms with van der Waals surface area (Å²) in [7, 11) is 0. The minimum absolute atomic E-state index is 0.667. The zero-order valence-electron chi connectivity index (χ0n) is 4.06. The van der Waals surface area contributed by atoms with Gasteiger partial charge in [0, 0.05) is 0 Å². The molecule has 0 radical (unpaired) electrons. The number of nitrogens with two attached hydrogens (primary N) is 1. The second-order valence-electron chi connectivity index (χ2n) is 0.842. The molecule has 7 heavy (non-hydrogen) atoms. The van der Waals surface area contributed by atoms with Crippen LogP contribution in [0.4, 0.5) is 0 Å². The van der Waals surface area contributed by atoms with E-state index >= 15 is 0 Å². The predicted molar refractivity (Wildman–Crippen MR) is 33.3 cm³/mol. The Balaban J connectivity index is 0. The van der Waals surface area contributed by atoms with E-state index in [1.807, 2.05) is 0 Å². The van der Waals surface area contributed by atoms with Gasteiger partial charge in [-0.15, -0.1) is 0 Å². The maximum absolute atomic E-state index is 7.83. The Morgan fingerprint density at radius 1 is 1.71 bits per heavy atom. The molecule has 0 saturated carbocycles. The van der Waals surface area contributed by atoms with Crippen LogP contribution in [0.1, 0.15) is 6.92 Å². The average Bonchev–Trinajstić information content (AvgIpc) is 1.33. The first-order chi connectivity index (χ1) is 3.15. The Bertz CT molecular complexity index is 26.9. The van der Waals surface area contributed by atoms with Crippen molar-refractivity contribution in [2.75, 3.05) is 0 Å². The second kappa shape index (κ2) is 10.7. The topological polar surface area (TPSA) is 46.2 Å². The summed E-state index contributed by atoms with van der Waals surface area (Å²) in [6.45, 7) is 1.50. The summed E-state index contributed by atoms with van der Waals surface area (Å²) >= 11 is -0.931. The van der Waals surface area contributed by atoms with E-state index in [1.165, 1.54) is 6.92 Å². The summed E-state index contributed by atoms with van der Waals surface area (Å²) in [6, 6.07) is 0.